The van der Waals surface area contributed by atoms with Crippen LogP contribution in [0.15, 0.2) is 18.2 Å². The number of aromatic carboxylic acids is 1. The first kappa shape index (κ1) is 14.4. The van der Waals surface area contributed by atoms with Crippen LogP contribution in [0.1, 0.15) is 35.2 Å². The second-order valence-corrected chi connectivity index (χ2v) is 6.11. The summed E-state index contributed by atoms with van der Waals surface area (Å²) in [4.78, 5) is 16.4. The van der Waals surface area contributed by atoms with Gasteiger partial charge in [0.25, 0.3) is 0 Å². The Hall–Kier alpha value is -1.59. The maximum atomic E-state index is 11.4. The molecule has 5 nitrogen and oxygen atoms in total. The molecule has 3 N–H and O–H groups in total. The van der Waals surface area contributed by atoms with Crippen LogP contribution in [0.25, 0.3) is 0 Å². The minimum Gasteiger partial charge on any atom is -0.478 e. The highest BCUT2D eigenvalue weighted by Crippen LogP contribution is 2.24. The normalized spacial score (nSPS) is 23.7. The third-order valence-electron chi connectivity index (χ3n) is 4.68. The number of rotatable bonds is 3. The number of carboxylic acids is 1. The molecule has 3 rings (SSSR count). The summed E-state index contributed by atoms with van der Waals surface area (Å²) in [6.45, 7) is 5.13. The second kappa shape index (κ2) is 6.03. The molecular formula is C16H23N3O2. The van der Waals surface area contributed by atoms with Crippen LogP contribution in [-0.2, 0) is 6.54 Å². The molecule has 114 valence electrons. The molecule has 1 aromatic carbocycles. The topological polar surface area (TPSA) is 69.8 Å². The molecule has 2 saturated heterocycles. The standard InChI is InChI=1S/C16H23N3O2/c17-14-6-1-4-12(15(14)16(20)21)10-18-7-3-9-19-8-2-5-13(19)11-18/h1,4,6,13H,2-3,5,7-11,17H2,(H,20,21). The largest absolute Gasteiger partial charge is 0.478 e. The van der Waals surface area contributed by atoms with E-state index in [1.54, 1.807) is 6.07 Å². The Bertz CT molecular complexity index is 532. The number of fused-ring (bicyclic) bond motifs is 1. The van der Waals surface area contributed by atoms with Crippen molar-refractivity contribution in [1.29, 1.82) is 0 Å². The van der Waals surface area contributed by atoms with Gasteiger partial charge in [-0.25, -0.2) is 4.79 Å². The van der Waals surface area contributed by atoms with Crippen LogP contribution in [0, 0.1) is 0 Å². The van der Waals surface area contributed by atoms with Gasteiger partial charge < -0.3 is 10.8 Å². The van der Waals surface area contributed by atoms with Crippen LogP contribution >= 0.6 is 0 Å². The second-order valence-electron chi connectivity index (χ2n) is 6.11. The molecule has 0 aliphatic carbocycles. The Balaban J connectivity index is 1.77. The van der Waals surface area contributed by atoms with Crippen molar-refractivity contribution in [1.82, 2.24) is 9.80 Å². The van der Waals surface area contributed by atoms with Crippen LogP contribution in [-0.4, -0.2) is 53.1 Å². The molecule has 2 fully saturated rings. The summed E-state index contributed by atoms with van der Waals surface area (Å²) < 4.78 is 0. The van der Waals surface area contributed by atoms with Crippen LogP contribution in [0.3, 0.4) is 0 Å². The Kier molecular flexibility index (Phi) is 4.12. The maximum Gasteiger partial charge on any atom is 0.338 e. The highest BCUT2D eigenvalue weighted by molar-refractivity contribution is 5.95. The lowest BCUT2D eigenvalue weighted by molar-refractivity contribution is 0.0695. The van der Waals surface area contributed by atoms with Crippen LogP contribution in [0.5, 0.6) is 0 Å². The fourth-order valence-corrected chi connectivity index (χ4v) is 3.68. The molecule has 0 radical (unpaired) electrons. The van der Waals surface area contributed by atoms with E-state index < -0.39 is 5.97 Å². The highest BCUT2D eigenvalue weighted by Gasteiger charge is 2.29. The first-order valence-electron chi connectivity index (χ1n) is 7.72. The summed E-state index contributed by atoms with van der Waals surface area (Å²) in [6, 6.07) is 6.03. The van der Waals surface area contributed by atoms with Crippen LogP contribution in [0.2, 0.25) is 0 Å². The molecule has 2 aliphatic heterocycles. The molecule has 21 heavy (non-hydrogen) atoms. The third kappa shape index (κ3) is 3.04. The summed E-state index contributed by atoms with van der Waals surface area (Å²) in [5, 5.41) is 9.37. The third-order valence-corrected chi connectivity index (χ3v) is 4.68. The van der Waals surface area contributed by atoms with Crippen LogP contribution in [0.4, 0.5) is 5.69 Å². The van der Waals surface area contributed by atoms with Crippen LogP contribution < -0.4 is 5.73 Å². The van der Waals surface area contributed by atoms with Gasteiger partial charge in [-0.3, -0.25) is 9.80 Å². The molecule has 0 saturated carbocycles. The molecule has 1 aromatic rings. The lowest BCUT2D eigenvalue weighted by Gasteiger charge is -2.26. The van der Waals surface area contributed by atoms with Gasteiger partial charge in [0.05, 0.1) is 5.56 Å². The van der Waals surface area contributed by atoms with Crippen molar-refractivity contribution < 1.29 is 9.90 Å². The number of carbonyl (C=O) groups is 1. The summed E-state index contributed by atoms with van der Waals surface area (Å²) in [5.41, 5.74) is 7.29. The van der Waals surface area contributed by atoms with Crippen molar-refractivity contribution in [3.63, 3.8) is 0 Å². The number of benzene rings is 1. The number of hydrogen-bond acceptors (Lipinski definition) is 4. The molecule has 2 aliphatic rings. The molecule has 1 atom stereocenters. The molecule has 0 bridgehead atoms. The molecule has 1 unspecified atom stereocenters. The first-order chi connectivity index (χ1) is 10.1. The Labute approximate surface area is 125 Å². The van der Waals surface area contributed by atoms with Gasteiger partial charge in [0, 0.05) is 24.8 Å². The number of anilines is 1. The number of carboxylic acid groups (broad SMARTS) is 1. The van der Waals surface area contributed by atoms with E-state index in [-0.39, 0.29) is 5.56 Å². The van der Waals surface area contributed by atoms with E-state index in [2.05, 4.69) is 9.80 Å². The van der Waals surface area contributed by atoms with Gasteiger partial charge in [-0.05, 0) is 50.5 Å². The lowest BCUT2D eigenvalue weighted by Crippen LogP contribution is -2.36. The van der Waals surface area contributed by atoms with E-state index in [4.69, 9.17) is 5.73 Å². The molecule has 0 amide bonds. The highest BCUT2D eigenvalue weighted by atomic mass is 16.4. The molecule has 0 spiro atoms. The van der Waals surface area contributed by atoms with Gasteiger partial charge in [0.1, 0.15) is 0 Å². The zero-order chi connectivity index (χ0) is 14.8. The van der Waals surface area contributed by atoms with Gasteiger partial charge >= 0.3 is 5.97 Å². The monoisotopic (exact) mass is 289 g/mol. The smallest absolute Gasteiger partial charge is 0.338 e. The van der Waals surface area contributed by atoms with E-state index in [0.29, 0.717) is 18.3 Å². The molecular weight excluding hydrogens is 266 g/mol. The van der Waals surface area contributed by atoms with Gasteiger partial charge in [0.2, 0.25) is 0 Å². The van der Waals surface area contributed by atoms with Crippen molar-refractivity contribution >= 4 is 11.7 Å². The fraction of sp³-hybridized carbons (Fsp3) is 0.562. The average molecular weight is 289 g/mol. The van der Waals surface area contributed by atoms with Crippen molar-refractivity contribution in [2.75, 3.05) is 31.9 Å². The van der Waals surface area contributed by atoms with E-state index in [9.17, 15) is 9.90 Å². The lowest BCUT2D eigenvalue weighted by atomic mass is 10.0. The maximum absolute atomic E-state index is 11.4. The number of nitrogens with two attached hydrogens (primary N) is 1. The number of nitrogens with zero attached hydrogens (tertiary/aromatic N) is 2. The number of nitrogen functional groups attached to an aromatic ring is 1. The summed E-state index contributed by atoms with van der Waals surface area (Å²) >= 11 is 0. The molecule has 2 heterocycles. The van der Waals surface area contributed by atoms with Gasteiger partial charge in [0.15, 0.2) is 0 Å². The summed E-state index contributed by atoms with van der Waals surface area (Å²) in [7, 11) is 0. The zero-order valence-corrected chi connectivity index (χ0v) is 12.3. The quantitative estimate of drug-likeness (QED) is 0.828. The first-order valence-corrected chi connectivity index (χ1v) is 7.72. The Morgan fingerprint density at radius 2 is 2.10 bits per heavy atom. The van der Waals surface area contributed by atoms with E-state index >= 15 is 0 Å². The molecule has 5 heteroatoms. The fourth-order valence-electron chi connectivity index (χ4n) is 3.68. The summed E-state index contributed by atoms with van der Waals surface area (Å²) in [5.74, 6) is -0.930. The predicted octanol–water partition coefficient (Wildman–Crippen LogP) is 1.64. The van der Waals surface area contributed by atoms with Gasteiger partial charge in [-0.15, -0.1) is 0 Å². The number of hydrogen-bond donors (Lipinski definition) is 2. The van der Waals surface area contributed by atoms with E-state index in [1.807, 2.05) is 12.1 Å². The zero-order valence-electron chi connectivity index (χ0n) is 12.3. The van der Waals surface area contributed by atoms with E-state index in [1.165, 1.54) is 25.9 Å². The van der Waals surface area contributed by atoms with E-state index in [0.717, 1.165) is 25.1 Å². The van der Waals surface area contributed by atoms with Crippen molar-refractivity contribution in [2.24, 2.45) is 0 Å². The minimum atomic E-state index is -0.930. The van der Waals surface area contributed by atoms with Crippen molar-refractivity contribution in [2.45, 2.75) is 31.8 Å². The van der Waals surface area contributed by atoms with Gasteiger partial charge in [-0.1, -0.05) is 12.1 Å². The molecule has 0 aromatic heterocycles. The predicted molar refractivity (Wildman–Crippen MR) is 82.3 cm³/mol. The Morgan fingerprint density at radius 3 is 2.90 bits per heavy atom. The SMILES string of the molecule is Nc1cccc(CN2CCCN3CCCC3C2)c1C(=O)O. The van der Waals surface area contributed by atoms with Crippen molar-refractivity contribution in [3.8, 4) is 0 Å². The minimum absolute atomic E-state index is 0.269. The van der Waals surface area contributed by atoms with Crippen molar-refractivity contribution in [3.05, 3.63) is 29.3 Å². The Morgan fingerprint density at radius 1 is 1.29 bits per heavy atom. The van der Waals surface area contributed by atoms with Gasteiger partial charge in [-0.2, -0.15) is 0 Å². The summed E-state index contributed by atoms with van der Waals surface area (Å²) in [6.07, 6.45) is 3.71. The average Bonchev–Trinajstić information content (AvgIpc) is 2.77.